The number of hydrogen-bond acceptors (Lipinski definition) is 4. The maximum absolute atomic E-state index is 12.3. The number of carbonyl (C=O) groups excluding carboxylic acids is 1. The van der Waals surface area contributed by atoms with Gasteiger partial charge in [-0.2, -0.15) is 5.26 Å². The van der Waals surface area contributed by atoms with Crippen molar-refractivity contribution >= 4 is 5.78 Å². The van der Waals surface area contributed by atoms with Crippen LogP contribution in [0, 0.1) is 21.4 Å². The molecule has 0 radical (unpaired) electrons. The molecule has 0 aliphatic heterocycles. The second kappa shape index (κ2) is 6.25. The van der Waals surface area contributed by atoms with Crippen LogP contribution >= 0.6 is 0 Å². The predicted molar refractivity (Wildman–Crippen MR) is 87.9 cm³/mol. The van der Waals surface area contributed by atoms with Crippen LogP contribution in [0.2, 0.25) is 0 Å². The van der Waals surface area contributed by atoms with Crippen LogP contribution < -0.4 is 0 Å². The minimum Gasteiger partial charge on any atom is -0.300 e. The summed E-state index contributed by atoms with van der Waals surface area (Å²) in [6, 6.07) is 19.7. The average molecular weight is 320 g/mol. The van der Waals surface area contributed by atoms with E-state index in [4.69, 9.17) is 0 Å². The fourth-order valence-corrected chi connectivity index (χ4v) is 3.66. The number of hydrogen-bond donors (Lipinski definition) is 0. The second-order valence-electron chi connectivity index (χ2n) is 6.07. The van der Waals surface area contributed by atoms with Crippen LogP contribution in [0.1, 0.15) is 35.8 Å². The minimum atomic E-state index is -1.85. The summed E-state index contributed by atoms with van der Waals surface area (Å²) in [6.45, 7) is 0. The number of rotatable bonds is 3. The van der Waals surface area contributed by atoms with E-state index in [0.717, 1.165) is 0 Å². The first-order valence-corrected chi connectivity index (χ1v) is 7.77. The van der Waals surface area contributed by atoms with Crippen LogP contribution in [0.25, 0.3) is 0 Å². The van der Waals surface area contributed by atoms with E-state index in [9.17, 15) is 20.2 Å². The van der Waals surface area contributed by atoms with E-state index in [-0.39, 0.29) is 18.6 Å². The van der Waals surface area contributed by atoms with E-state index in [1.807, 2.05) is 18.2 Å². The van der Waals surface area contributed by atoms with Crippen LogP contribution in [0.15, 0.2) is 60.7 Å². The highest BCUT2D eigenvalue weighted by molar-refractivity contribution is 5.82. The Morgan fingerprint density at radius 2 is 1.38 bits per heavy atom. The summed E-state index contributed by atoms with van der Waals surface area (Å²) < 4.78 is 0. The molecule has 0 heterocycles. The molecule has 3 rings (SSSR count). The molecule has 0 aromatic heterocycles. The molecular weight excluding hydrogens is 304 g/mol. The standard InChI is InChI=1S/C19H16N2O3/c20-13-19(21(23)24)17(14-7-3-1-4-8-14)11-16(22)12-18(19)15-9-5-2-6-10-15/h1-10,17-18H,11-12H2/t17-,18+,19?. The SMILES string of the molecule is N#CC1([N+](=O)[O-])[C@@H](c2ccccc2)CC(=O)C[C@H]1c1ccccc1. The van der Waals surface area contributed by atoms with Crippen LogP contribution in [0.5, 0.6) is 0 Å². The quantitative estimate of drug-likeness (QED) is 0.640. The number of ketones is 1. The summed E-state index contributed by atoms with van der Waals surface area (Å²) in [5.41, 5.74) is -0.536. The van der Waals surface area contributed by atoms with Crippen LogP contribution in [-0.4, -0.2) is 16.2 Å². The summed E-state index contributed by atoms with van der Waals surface area (Å²) >= 11 is 0. The van der Waals surface area contributed by atoms with Crippen molar-refractivity contribution in [2.45, 2.75) is 30.2 Å². The van der Waals surface area contributed by atoms with Crippen LogP contribution in [0.3, 0.4) is 0 Å². The molecule has 0 amide bonds. The van der Waals surface area contributed by atoms with Gasteiger partial charge in [0.05, 0.1) is 11.8 Å². The van der Waals surface area contributed by atoms with Gasteiger partial charge in [-0.05, 0) is 11.1 Å². The Bertz CT molecular complexity index is 745. The van der Waals surface area contributed by atoms with E-state index in [0.29, 0.717) is 11.1 Å². The lowest BCUT2D eigenvalue weighted by Gasteiger charge is -2.37. The average Bonchev–Trinajstić information content (AvgIpc) is 2.62. The Hall–Kier alpha value is -3.00. The lowest BCUT2D eigenvalue weighted by Crippen LogP contribution is -2.52. The van der Waals surface area contributed by atoms with Gasteiger partial charge in [-0.25, -0.2) is 0 Å². The summed E-state index contributed by atoms with van der Waals surface area (Å²) in [6.07, 6.45) is 0.0315. The molecule has 2 aromatic rings. The van der Waals surface area contributed by atoms with Crippen molar-refractivity contribution < 1.29 is 9.72 Å². The van der Waals surface area contributed by atoms with Crippen LogP contribution in [-0.2, 0) is 4.79 Å². The van der Waals surface area contributed by atoms with Gasteiger partial charge >= 0.3 is 5.54 Å². The maximum atomic E-state index is 12.3. The molecule has 1 aliphatic carbocycles. The number of Topliss-reactive ketones (excluding diaryl/α,β-unsaturated/α-hetero) is 1. The molecule has 0 saturated heterocycles. The molecule has 2 aromatic carbocycles. The van der Waals surface area contributed by atoms with Gasteiger partial charge in [-0.1, -0.05) is 60.7 Å². The number of nitrogens with zero attached hydrogens (tertiary/aromatic N) is 2. The summed E-state index contributed by atoms with van der Waals surface area (Å²) in [5, 5.41) is 21.9. The third kappa shape index (κ3) is 2.46. The van der Waals surface area contributed by atoms with Gasteiger partial charge in [0.15, 0.2) is 0 Å². The van der Waals surface area contributed by atoms with E-state index >= 15 is 0 Å². The lowest BCUT2D eigenvalue weighted by atomic mass is 9.62. The van der Waals surface area contributed by atoms with E-state index in [1.54, 1.807) is 48.5 Å². The highest BCUT2D eigenvalue weighted by Gasteiger charge is 2.61. The van der Waals surface area contributed by atoms with E-state index in [2.05, 4.69) is 0 Å². The highest BCUT2D eigenvalue weighted by atomic mass is 16.6. The van der Waals surface area contributed by atoms with Gasteiger partial charge in [-0.15, -0.1) is 0 Å². The molecule has 1 saturated carbocycles. The minimum absolute atomic E-state index is 0.0158. The van der Waals surface area contributed by atoms with Crippen molar-refractivity contribution in [3.8, 4) is 6.07 Å². The first-order valence-electron chi connectivity index (χ1n) is 7.77. The molecule has 1 aliphatic rings. The molecule has 1 unspecified atom stereocenters. The predicted octanol–water partition coefficient (Wildman–Crippen LogP) is 3.46. The topological polar surface area (TPSA) is 84.0 Å². The Morgan fingerprint density at radius 1 is 0.958 bits per heavy atom. The fraction of sp³-hybridized carbons (Fsp3) is 0.263. The van der Waals surface area contributed by atoms with Gasteiger partial charge in [0.2, 0.25) is 0 Å². The normalized spacial score (nSPS) is 26.5. The van der Waals surface area contributed by atoms with Crippen LogP contribution in [0.4, 0.5) is 0 Å². The Kier molecular flexibility index (Phi) is 4.13. The molecule has 0 bridgehead atoms. The van der Waals surface area contributed by atoms with Crippen molar-refractivity contribution in [2.24, 2.45) is 0 Å². The Morgan fingerprint density at radius 3 is 1.71 bits per heavy atom. The van der Waals surface area contributed by atoms with Gasteiger partial charge in [0.1, 0.15) is 11.9 Å². The fourth-order valence-electron chi connectivity index (χ4n) is 3.66. The van der Waals surface area contributed by atoms with Crippen molar-refractivity contribution in [1.29, 1.82) is 5.26 Å². The Labute approximate surface area is 139 Å². The first kappa shape index (κ1) is 15.9. The number of nitriles is 1. The van der Waals surface area contributed by atoms with Crippen molar-refractivity contribution in [2.75, 3.05) is 0 Å². The zero-order valence-corrected chi connectivity index (χ0v) is 13.0. The van der Waals surface area contributed by atoms with Gasteiger partial charge in [0, 0.05) is 17.8 Å². The molecule has 0 N–H and O–H groups in total. The Balaban J connectivity index is 2.20. The molecule has 5 nitrogen and oxygen atoms in total. The molecule has 3 atom stereocenters. The monoisotopic (exact) mass is 320 g/mol. The largest absolute Gasteiger partial charge is 0.319 e. The van der Waals surface area contributed by atoms with Crippen molar-refractivity contribution in [3.63, 3.8) is 0 Å². The number of nitro groups is 1. The van der Waals surface area contributed by atoms with Crippen molar-refractivity contribution in [3.05, 3.63) is 81.9 Å². The molecular formula is C19H16N2O3. The zero-order valence-electron chi connectivity index (χ0n) is 13.0. The summed E-state index contributed by atoms with van der Waals surface area (Å²) in [4.78, 5) is 23.9. The number of carbonyl (C=O) groups is 1. The summed E-state index contributed by atoms with van der Waals surface area (Å²) in [7, 11) is 0. The van der Waals surface area contributed by atoms with E-state index in [1.165, 1.54) is 0 Å². The third-order valence-electron chi connectivity index (χ3n) is 4.81. The molecule has 0 spiro atoms. The van der Waals surface area contributed by atoms with Gasteiger partial charge in [0.25, 0.3) is 0 Å². The highest BCUT2D eigenvalue weighted by Crippen LogP contribution is 2.49. The van der Waals surface area contributed by atoms with Gasteiger partial charge < -0.3 is 0 Å². The second-order valence-corrected chi connectivity index (χ2v) is 6.07. The first-order chi connectivity index (χ1) is 11.6. The zero-order chi connectivity index (χ0) is 17.2. The molecule has 120 valence electrons. The molecule has 24 heavy (non-hydrogen) atoms. The van der Waals surface area contributed by atoms with Crippen molar-refractivity contribution in [1.82, 2.24) is 0 Å². The smallest absolute Gasteiger partial charge is 0.300 e. The summed E-state index contributed by atoms with van der Waals surface area (Å²) in [5.74, 6) is -1.57. The molecule has 5 heteroatoms. The lowest BCUT2D eigenvalue weighted by molar-refractivity contribution is -0.563. The maximum Gasteiger partial charge on any atom is 0.319 e. The van der Waals surface area contributed by atoms with E-state index < -0.39 is 22.3 Å². The molecule has 1 fully saturated rings. The van der Waals surface area contributed by atoms with Gasteiger partial charge in [-0.3, -0.25) is 14.9 Å². The number of benzene rings is 2. The third-order valence-corrected chi connectivity index (χ3v) is 4.81.